The molecule has 0 saturated carbocycles. The fourth-order valence-electron chi connectivity index (χ4n) is 1.56. The lowest BCUT2D eigenvalue weighted by molar-refractivity contribution is -0.131. The van der Waals surface area contributed by atoms with E-state index in [1.165, 1.54) is 6.08 Å². The average Bonchev–Trinajstić information content (AvgIpc) is 2.60. The van der Waals surface area contributed by atoms with E-state index < -0.39 is 5.97 Å². The number of nitriles is 2. The molecule has 2 rings (SSSR count). The van der Waals surface area contributed by atoms with Crippen molar-refractivity contribution in [1.82, 2.24) is 0 Å². The Labute approximate surface area is 133 Å². The molecule has 0 aliphatic carbocycles. The van der Waals surface area contributed by atoms with Crippen LogP contribution in [0.5, 0.6) is 0 Å². The van der Waals surface area contributed by atoms with Gasteiger partial charge in [0.15, 0.2) is 0 Å². The number of nitrogens with zero attached hydrogens (tertiary/aromatic N) is 2. The Bertz CT molecular complexity index is 812. The third kappa shape index (κ3) is 6.52. The molecule has 0 radical (unpaired) electrons. The molecule has 0 aliphatic rings. The van der Waals surface area contributed by atoms with Crippen LogP contribution in [0.25, 0.3) is 6.08 Å². The van der Waals surface area contributed by atoms with Crippen LogP contribution in [0.2, 0.25) is 0 Å². The minimum atomic E-state index is -0.998. The molecule has 0 saturated heterocycles. The highest BCUT2D eigenvalue weighted by Gasteiger charge is 1.92. The van der Waals surface area contributed by atoms with Gasteiger partial charge in [-0.15, -0.1) is 0 Å². The van der Waals surface area contributed by atoms with Gasteiger partial charge in [-0.05, 0) is 35.9 Å². The highest BCUT2D eigenvalue weighted by molar-refractivity contribution is 5.85. The molecule has 2 aromatic rings. The molecular weight excluding hydrogens is 292 g/mol. The average molecular weight is 304 g/mol. The summed E-state index contributed by atoms with van der Waals surface area (Å²) >= 11 is 0. The second-order valence-corrected chi connectivity index (χ2v) is 4.26. The van der Waals surface area contributed by atoms with E-state index in [2.05, 4.69) is 0 Å². The topological polar surface area (TPSA) is 102 Å². The molecule has 2 aromatic carbocycles. The van der Waals surface area contributed by atoms with E-state index in [1.807, 2.05) is 12.1 Å². The highest BCUT2D eigenvalue weighted by Crippen LogP contribution is 2.05. The first-order chi connectivity index (χ1) is 11.1. The van der Waals surface area contributed by atoms with E-state index in [0.29, 0.717) is 22.3 Å². The van der Waals surface area contributed by atoms with E-state index in [1.54, 1.807) is 48.5 Å². The standard InChI is InChI=1S/C10H7NO2.C8H5NO/c11-7-9-3-1-2-8(6-9)4-5-10(12)13;9-5-7-2-1-3-8(4-7)6-10/h1-6H,(H,12,13);1-4,6H. The van der Waals surface area contributed by atoms with Crippen molar-refractivity contribution in [1.29, 1.82) is 10.5 Å². The van der Waals surface area contributed by atoms with Gasteiger partial charge in [0.05, 0.1) is 23.3 Å². The number of aldehydes is 1. The maximum atomic E-state index is 10.2. The van der Waals surface area contributed by atoms with Crippen LogP contribution in [-0.2, 0) is 4.79 Å². The largest absolute Gasteiger partial charge is 0.478 e. The van der Waals surface area contributed by atoms with Crippen LogP contribution in [-0.4, -0.2) is 17.4 Å². The normalized spacial score (nSPS) is 9.13. The molecule has 23 heavy (non-hydrogen) atoms. The number of benzene rings is 2. The maximum absolute atomic E-state index is 10.2. The molecule has 112 valence electrons. The zero-order valence-corrected chi connectivity index (χ0v) is 12.0. The molecule has 0 aromatic heterocycles. The van der Waals surface area contributed by atoms with Crippen molar-refractivity contribution in [3.63, 3.8) is 0 Å². The van der Waals surface area contributed by atoms with E-state index >= 15 is 0 Å². The number of hydrogen-bond acceptors (Lipinski definition) is 4. The number of hydrogen-bond donors (Lipinski definition) is 1. The van der Waals surface area contributed by atoms with Crippen LogP contribution in [0.4, 0.5) is 0 Å². The van der Waals surface area contributed by atoms with Crippen LogP contribution >= 0.6 is 0 Å². The number of carbonyl (C=O) groups is 2. The monoisotopic (exact) mass is 304 g/mol. The summed E-state index contributed by atoms with van der Waals surface area (Å²) in [5.74, 6) is -0.998. The predicted octanol–water partition coefficient (Wildman–Crippen LogP) is 3.03. The molecule has 0 aliphatic heterocycles. The van der Waals surface area contributed by atoms with Crippen LogP contribution in [0, 0.1) is 22.7 Å². The van der Waals surface area contributed by atoms with Crippen molar-refractivity contribution in [2.45, 2.75) is 0 Å². The molecule has 0 unspecified atom stereocenters. The SMILES string of the molecule is N#Cc1cccc(C=CC(=O)O)c1.N#Cc1cccc(C=O)c1. The van der Waals surface area contributed by atoms with Gasteiger partial charge in [0.2, 0.25) is 0 Å². The summed E-state index contributed by atoms with van der Waals surface area (Å²) in [5, 5.41) is 25.3. The third-order valence-electron chi connectivity index (χ3n) is 2.59. The Morgan fingerprint density at radius 2 is 1.48 bits per heavy atom. The van der Waals surface area contributed by atoms with Crippen molar-refractivity contribution >= 4 is 18.3 Å². The van der Waals surface area contributed by atoms with Crippen molar-refractivity contribution in [3.05, 3.63) is 76.9 Å². The number of carbonyl (C=O) groups excluding carboxylic acids is 1. The molecular formula is C18H12N2O3. The first-order valence-corrected chi connectivity index (χ1v) is 6.45. The molecule has 5 nitrogen and oxygen atoms in total. The van der Waals surface area contributed by atoms with Crippen molar-refractivity contribution < 1.29 is 14.7 Å². The van der Waals surface area contributed by atoms with Gasteiger partial charge in [0.1, 0.15) is 6.29 Å². The summed E-state index contributed by atoms with van der Waals surface area (Å²) in [6.07, 6.45) is 3.21. The first kappa shape index (κ1) is 17.4. The van der Waals surface area contributed by atoms with E-state index in [9.17, 15) is 9.59 Å². The van der Waals surface area contributed by atoms with Crippen LogP contribution in [0.3, 0.4) is 0 Å². The quantitative estimate of drug-likeness (QED) is 0.693. The van der Waals surface area contributed by atoms with Crippen LogP contribution in [0.15, 0.2) is 54.6 Å². The molecule has 0 fully saturated rings. The third-order valence-corrected chi connectivity index (χ3v) is 2.59. The van der Waals surface area contributed by atoms with Crippen molar-refractivity contribution in [3.8, 4) is 12.1 Å². The summed E-state index contributed by atoms with van der Waals surface area (Å²) in [4.78, 5) is 20.3. The lowest BCUT2D eigenvalue weighted by Gasteiger charge is -1.91. The Morgan fingerprint density at radius 1 is 0.957 bits per heavy atom. The summed E-state index contributed by atoms with van der Waals surface area (Å²) < 4.78 is 0. The zero-order valence-electron chi connectivity index (χ0n) is 12.0. The van der Waals surface area contributed by atoms with E-state index in [4.69, 9.17) is 15.6 Å². The Balaban J connectivity index is 0.000000238. The fourth-order valence-corrected chi connectivity index (χ4v) is 1.56. The van der Waals surface area contributed by atoms with Gasteiger partial charge in [0, 0.05) is 11.6 Å². The molecule has 1 N–H and O–H groups in total. The molecule has 5 heteroatoms. The smallest absolute Gasteiger partial charge is 0.328 e. The highest BCUT2D eigenvalue weighted by atomic mass is 16.4. The molecule has 0 heterocycles. The molecule has 0 amide bonds. The van der Waals surface area contributed by atoms with Crippen LogP contribution < -0.4 is 0 Å². The Morgan fingerprint density at radius 3 is 1.96 bits per heavy atom. The van der Waals surface area contributed by atoms with Gasteiger partial charge < -0.3 is 5.11 Å². The lowest BCUT2D eigenvalue weighted by atomic mass is 10.1. The summed E-state index contributed by atoms with van der Waals surface area (Å²) in [7, 11) is 0. The molecule has 0 spiro atoms. The van der Waals surface area contributed by atoms with Crippen LogP contribution in [0.1, 0.15) is 27.0 Å². The maximum Gasteiger partial charge on any atom is 0.328 e. The summed E-state index contributed by atoms with van der Waals surface area (Å²) in [6.45, 7) is 0. The molecule has 0 bridgehead atoms. The summed E-state index contributed by atoms with van der Waals surface area (Å²) in [6, 6.07) is 17.2. The minimum Gasteiger partial charge on any atom is -0.478 e. The van der Waals surface area contributed by atoms with Crippen molar-refractivity contribution in [2.75, 3.05) is 0 Å². The van der Waals surface area contributed by atoms with Gasteiger partial charge in [0.25, 0.3) is 0 Å². The fraction of sp³-hybridized carbons (Fsp3) is 0. The van der Waals surface area contributed by atoms with Gasteiger partial charge >= 0.3 is 5.97 Å². The van der Waals surface area contributed by atoms with Gasteiger partial charge in [-0.1, -0.05) is 24.3 Å². The second kappa shape index (κ2) is 9.28. The predicted molar refractivity (Wildman–Crippen MR) is 84.4 cm³/mol. The van der Waals surface area contributed by atoms with Gasteiger partial charge in [-0.2, -0.15) is 10.5 Å². The minimum absolute atomic E-state index is 0.518. The zero-order chi connectivity index (χ0) is 17.1. The number of carboxylic acids is 1. The molecule has 0 atom stereocenters. The number of carboxylic acid groups (broad SMARTS) is 1. The Kier molecular flexibility index (Phi) is 7.00. The van der Waals surface area contributed by atoms with Crippen molar-refractivity contribution in [2.24, 2.45) is 0 Å². The first-order valence-electron chi connectivity index (χ1n) is 6.45. The second-order valence-electron chi connectivity index (χ2n) is 4.26. The summed E-state index contributed by atoms with van der Waals surface area (Å²) in [5.41, 5.74) is 2.29. The Hall–Kier alpha value is -3.70. The lowest BCUT2D eigenvalue weighted by Crippen LogP contribution is -1.85. The van der Waals surface area contributed by atoms with E-state index in [-0.39, 0.29) is 0 Å². The van der Waals surface area contributed by atoms with Gasteiger partial charge in [-0.3, -0.25) is 4.79 Å². The van der Waals surface area contributed by atoms with E-state index in [0.717, 1.165) is 12.4 Å². The number of rotatable bonds is 3. The van der Waals surface area contributed by atoms with Gasteiger partial charge in [-0.25, -0.2) is 4.79 Å². The number of aliphatic carboxylic acids is 1.